The van der Waals surface area contributed by atoms with Gasteiger partial charge in [0, 0.05) is 17.8 Å². The molecule has 3 N–H and O–H groups in total. The van der Waals surface area contributed by atoms with Gasteiger partial charge in [-0.25, -0.2) is 0 Å². The van der Waals surface area contributed by atoms with E-state index in [1.54, 1.807) is 0 Å². The van der Waals surface area contributed by atoms with Crippen LogP contribution in [0.5, 0.6) is 0 Å². The highest BCUT2D eigenvalue weighted by Crippen LogP contribution is 2.39. The highest BCUT2D eigenvalue weighted by molar-refractivity contribution is 7.45. The molecule has 4 atom stereocenters. The first-order valence-electron chi connectivity index (χ1n) is 23.2. The highest BCUT2D eigenvalue weighted by atomic mass is 31.2. The lowest BCUT2D eigenvalue weighted by atomic mass is 10.0. The number of allylic oxidation sites excluding steroid dienone is 2. The van der Waals surface area contributed by atoms with Gasteiger partial charge in [-0.05, 0) is 44.1 Å². The summed E-state index contributed by atoms with van der Waals surface area (Å²) in [5, 5.41) is 12.4. The number of unbranched alkanes of at least 4 members (excludes halogenated alkanes) is 26. The van der Waals surface area contributed by atoms with Crippen LogP contribution in [0.1, 0.15) is 213 Å². The van der Waals surface area contributed by atoms with Gasteiger partial charge in [-0.2, -0.15) is 0 Å². The molecular weight excluding hydrogens is 775 g/mol. The third-order valence-corrected chi connectivity index (χ3v) is 11.2. The van der Waals surface area contributed by atoms with Gasteiger partial charge in [-0.1, -0.05) is 179 Å². The molecule has 0 spiro atoms. The maximum absolute atomic E-state index is 12.9. The summed E-state index contributed by atoms with van der Waals surface area (Å²) in [4.78, 5) is 51.9. The van der Waals surface area contributed by atoms with Crippen molar-refractivity contribution in [2.45, 2.75) is 231 Å². The molecule has 1 unspecified atom stereocenters. The van der Waals surface area contributed by atoms with E-state index in [1.165, 1.54) is 103 Å². The van der Waals surface area contributed by atoms with Gasteiger partial charge in [0.05, 0.1) is 19.8 Å². The molecule has 0 rings (SSSR count). The van der Waals surface area contributed by atoms with Crippen molar-refractivity contribution in [3.63, 3.8) is 0 Å². The molecule has 0 aromatic rings. The van der Waals surface area contributed by atoms with Crippen LogP contribution >= 0.6 is 7.82 Å². The fraction of sp³-hybridized carbons (Fsp3) is 0.886. The normalized spacial score (nSPS) is 14.0. The van der Waals surface area contributed by atoms with E-state index in [0.29, 0.717) is 12.8 Å². The maximum atomic E-state index is 12.9. The number of carboxylic acid groups (broad SMARTS) is 1. The zero-order chi connectivity index (χ0) is 43.7. The van der Waals surface area contributed by atoms with E-state index in [9.17, 15) is 23.8 Å². The Morgan fingerprint density at radius 3 is 1.37 bits per heavy atom. The average molecular weight is 858 g/mol. The number of nitrogens with two attached hydrogens (primary N) is 1. The van der Waals surface area contributed by atoms with Crippen LogP contribution in [-0.4, -0.2) is 61.0 Å². The van der Waals surface area contributed by atoms with Gasteiger partial charge in [0.25, 0.3) is 7.82 Å². The Morgan fingerprint density at radius 2 is 0.983 bits per heavy atom. The fourth-order valence-corrected chi connectivity index (χ4v) is 7.37. The topological polar surface area (TPSA) is 223 Å². The lowest BCUT2D eigenvalue weighted by Crippen LogP contribution is -2.41. The first-order chi connectivity index (χ1) is 28.6. The first kappa shape index (κ1) is 56.5. The fourth-order valence-electron chi connectivity index (χ4n) is 6.62. The Bertz CT molecular complexity index is 1170. The minimum absolute atomic E-state index is 0.0397. The van der Waals surface area contributed by atoms with Crippen molar-refractivity contribution in [2.24, 2.45) is 10.8 Å². The van der Waals surface area contributed by atoms with E-state index in [0.717, 1.165) is 70.6 Å². The number of hydrogen-bond donors (Lipinski definition) is 2. The number of carbonyl (C=O) groups is 3. The highest BCUT2D eigenvalue weighted by Gasteiger charge is 2.31. The second kappa shape index (κ2) is 40.9. The van der Waals surface area contributed by atoms with Crippen molar-refractivity contribution < 1.29 is 47.5 Å². The molecule has 14 nitrogen and oxygen atoms in total. The third-order valence-electron chi connectivity index (χ3n) is 10.3. The summed E-state index contributed by atoms with van der Waals surface area (Å²) in [6, 6.07) is -1.62. The van der Waals surface area contributed by atoms with Gasteiger partial charge in [0.2, 0.25) is 0 Å². The number of ether oxygens (including phenoxy) is 2. The standard InChI is InChI=1S/C44H83N4O10P/c1-3-5-7-9-11-13-15-17-19-21-23-25-27-29-31-33-35-43(50)58-41(38-56-59(53,54)55-37-39(45)44(51)52)40(36-47-48-46)57-42(49)34-32-30-28-26-24-22-20-18-16-14-12-10-8-6-4-2/h17,19,39-41H,3-16,18,20-38,45H2,1-2H3,(H,51,52)(H,53,54)/p-1/b19-17-/t39-,40+,41+/m1/s1. The van der Waals surface area contributed by atoms with Gasteiger partial charge in [-0.3, -0.25) is 18.9 Å². The summed E-state index contributed by atoms with van der Waals surface area (Å²) in [7, 11) is -5.12. The zero-order valence-electron chi connectivity index (χ0n) is 36.9. The van der Waals surface area contributed by atoms with Crippen molar-refractivity contribution in [1.82, 2.24) is 0 Å². The zero-order valence-corrected chi connectivity index (χ0v) is 37.8. The Kier molecular flexibility index (Phi) is 39.2. The number of hydrogen-bond acceptors (Lipinski definition) is 11. The third kappa shape index (κ3) is 38.2. The van der Waals surface area contributed by atoms with Crippen LogP contribution in [0.3, 0.4) is 0 Å². The van der Waals surface area contributed by atoms with E-state index < -0.39 is 63.7 Å². The molecule has 0 amide bonds. The number of carbonyl (C=O) groups excluding carboxylic acids is 2. The molecule has 0 bridgehead atoms. The van der Waals surface area contributed by atoms with E-state index in [2.05, 4.69) is 40.5 Å². The van der Waals surface area contributed by atoms with E-state index >= 15 is 0 Å². The smallest absolute Gasteiger partial charge is 0.322 e. The molecular formula is C44H82N4O10P-. The predicted molar refractivity (Wildman–Crippen MR) is 233 cm³/mol. The van der Waals surface area contributed by atoms with E-state index in [4.69, 9.17) is 30.4 Å². The Labute approximate surface area is 356 Å². The molecule has 344 valence electrons. The molecule has 0 aromatic heterocycles. The number of azide groups is 1. The number of rotatable bonds is 44. The second-order valence-corrected chi connectivity index (χ2v) is 17.3. The maximum Gasteiger partial charge on any atom is 0.322 e. The first-order valence-corrected chi connectivity index (χ1v) is 24.7. The van der Waals surface area contributed by atoms with Crippen LogP contribution in [0.2, 0.25) is 0 Å². The molecule has 0 aromatic carbocycles. The van der Waals surface area contributed by atoms with Crippen LogP contribution in [-0.2, 0) is 37.5 Å². The van der Waals surface area contributed by atoms with Gasteiger partial charge >= 0.3 is 17.9 Å². The molecule has 0 aliphatic rings. The SMILES string of the molecule is CCCCCCCC/C=C\CCCCCCCCC(=O)O[C@@H](COP(=O)([O-])OC[C@@H](N)C(=O)O)[C@H](CN=[N+]=[N-])OC(=O)CCCCCCCCCCCCCCCCC. The van der Waals surface area contributed by atoms with Crippen LogP contribution in [0.25, 0.3) is 10.4 Å². The van der Waals surface area contributed by atoms with Crippen molar-refractivity contribution in [1.29, 1.82) is 0 Å². The van der Waals surface area contributed by atoms with Crippen LogP contribution in [0, 0.1) is 0 Å². The summed E-state index contributed by atoms with van der Waals surface area (Å²) in [6.45, 7) is 2.33. The minimum atomic E-state index is -5.12. The minimum Gasteiger partial charge on any atom is -0.756 e. The summed E-state index contributed by atoms with van der Waals surface area (Å²) >= 11 is 0. The molecule has 59 heavy (non-hydrogen) atoms. The largest absolute Gasteiger partial charge is 0.756 e. The van der Waals surface area contributed by atoms with Gasteiger partial charge < -0.3 is 34.3 Å². The van der Waals surface area contributed by atoms with Crippen LogP contribution in [0.4, 0.5) is 0 Å². The van der Waals surface area contributed by atoms with Gasteiger partial charge in [-0.15, -0.1) is 0 Å². The van der Waals surface area contributed by atoms with Gasteiger partial charge in [0.15, 0.2) is 6.10 Å². The van der Waals surface area contributed by atoms with E-state index in [1.807, 2.05) is 0 Å². The number of esters is 2. The van der Waals surface area contributed by atoms with Crippen molar-refractivity contribution in [3.8, 4) is 0 Å². The summed E-state index contributed by atoms with van der Waals surface area (Å²) in [6.07, 6.45) is 35.2. The monoisotopic (exact) mass is 858 g/mol. The summed E-state index contributed by atoms with van der Waals surface area (Å²) < 4.78 is 33.0. The Morgan fingerprint density at radius 1 is 0.627 bits per heavy atom. The van der Waals surface area contributed by atoms with Crippen molar-refractivity contribution >= 4 is 25.7 Å². The number of phosphoric ester groups is 1. The van der Waals surface area contributed by atoms with E-state index in [-0.39, 0.29) is 12.8 Å². The molecule has 0 fully saturated rings. The number of aliphatic carboxylic acids is 1. The summed E-state index contributed by atoms with van der Waals surface area (Å²) in [5.41, 5.74) is 14.3. The number of nitrogens with zero attached hydrogens (tertiary/aromatic N) is 3. The van der Waals surface area contributed by atoms with Crippen molar-refractivity contribution in [2.75, 3.05) is 19.8 Å². The molecule has 0 saturated carbocycles. The second-order valence-electron chi connectivity index (χ2n) is 15.8. The average Bonchev–Trinajstić information content (AvgIpc) is 3.21. The number of carboxylic acids is 1. The molecule has 0 radical (unpaired) electrons. The molecule has 0 aliphatic carbocycles. The van der Waals surface area contributed by atoms with Crippen LogP contribution < -0.4 is 10.6 Å². The molecule has 0 aliphatic heterocycles. The van der Waals surface area contributed by atoms with Crippen LogP contribution in [0.15, 0.2) is 17.3 Å². The lowest BCUT2D eigenvalue weighted by Gasteiger charge is -2.29. The Balaban J connectivity index is 4.82. The summed E-state index contributed by atoms with van der Waals surface area (Å²) in [5.74, 6) is -2.74. The Hall–Kier alpha value is -2.47. The van der Waals surface area contributed by atoms with Crippen molar-refractivity contribution in [3.05, 3.63) is 22.6 Å². The molecule has 0 heterocycles. The quantitative estimate of drug-likeness (QED) is 0.0111. The van der Waals surface area contributed by atoms with Gasteiger partial charge in [0.1, 0.15) is 12.1 Å². The predicted octanol–water partition coefficient (Wildman–Crippen LogP) is 11.7. The molecule has 15 heteroatoms. The molecule has 0 saturated heterocycles. The number of phosphoric acid groups is 1. The lowest BCUT2D eigenvalue weighted by molar-refractivity contribution is -0.229.